The Hall–Kier alpha value is -3.09. The van der Waals surface area contributed by atoms with E-state index in [1.807, 2.05) is 32.9 Å². The Balaban J connectivity index is 2.01. The number of nitrogens with zero attached hydrogens (tertiary/aromatic N) is 1. The maximum absolute atomic E-state index is 12.3. The maximum Gasteiger partial charge on any atom is 0.311 e. The summed E-state index contributed by atoms with van der Waals surface area (Å²) in [4.78, 5) is 22.7. The van der Waals surface area contributed by atoms with Crippen molar-refractivity contribution < 1.29 is 19.2 Å². The fraction of sp³-hybridized carbons (Fsp3) is 0.350. The molecule has 2 aromatic rings. The number of rotatable bonds is 8. The molecule has 0 heterocycles. The Morgan fingerprint density at radius 1 is 1.22 bits per heavy atom. The lowest BCUT2D eigenvalue weighted by molar-refractivity contribution is -0.385. The molecule has 0 aliphatic rings. The summed E-state index contributed by atoms with van der Waals surface area (Å²) in [5.74, 6) is 0.144. The van der Waals surface area contributed by atoms with Gasteiger partial charge in [0.2, 0.25) is 5.75 Å². The normalized spacial score (nSPS) is 11.6. The fourth-order valence-corrected chi connectivity index (χ4v) is 2.90. The molecule has 0 aromatic heterocycles. The Bertz CT molecular complexity index is 835. The largest absolute Gasteiger partial charge is 0.490 e. The molecule has 2 rings (SSSR count). The van der Waals surface area contributed by atoms with Crippen molar-refractivity contribution >= 4 is 11.6 Å². The van der Waals surface area contributed by atoms with Crippen molar-refractivity contribution in [2.24, 2.45) is 0 Å². The van der Waals surface area contributed by atoms with E-state index in [0.29, 0.717) is 5.75 Å². The Kier molecular flexibility index (Phi) is 6.76. The van der Waals surface area contributed by atoms with E-state index in [9.17, 15) is 14.9 Å². The van der Waals surface area contributed by atoms with Crippen LogP contribution >= 0.6 is 0 Å². The zero-order chi connectivity index (χ0) is 20.0. The van der Waals surface area contributed by atoms with E-state index in [-0.39, 0.29) is 30.0 Å². The van der Waals surface area contributed by atoms with Gasteiger partial charge in [0.15, 0.2) is 6.61 Å². The van der Waals surface area contributed by atoms with E-state index < -0.39 is 4.92 Å². The highest BCUT2D eigenvalue weighted by molar-refractivity contribution is 5.78. The van der Waals surface area contributed by atoms with Crippen LogP contribution < -0.4 is 14.8 Å². The average Bonchev–Trinajstić information content (AvgIpc) is 2.64. The molecule has 0 unspecified atom stereocenters. The summed E-state index contributed by atoms with van der Waals surface area (Å²) in [5.41, 5.74) is 3.22. The number of methoxy groups -OCH3 is 1. The molecular weight excluding hydrogens is 348 g/mol. The SMILES string of the molecule is CC[C@H](NC(=O)COc1ccc([N+](=O)[O-])c(OC)c1)c1ccc(C)cc1C. The first-order valence-corrected chi connectivity index (χ1v) is 8.67. The Morgan fingerprint density at radius 3 is 2.56 bits per heavy atom. The molecule has 2 aromatic carbocycles. The topological polar surface area (TPSA) is 90.7 Å². The monoisotopic (exact) mass is 372 g/mol. The third-order valence-electron chi connectivity index (χ3n) is 4.26. The van der Waals surface area contributed by atoms with Crippen molar-refractivity contribution in [1.29, 1.82) is 0 Å². The highest BCUT2D eigenvalue weighted by Gasteiger charge is 2.17. The van der Waals surface area contributed by atoms with Gasteiger partial charge in [-0.1, -0.05) is 30.7 Å². The zero-order valence-electron chi connectivity index (χ0n) is 15.9. The van der Waals surface area contributed by atoms with Gasteiger partial charge < -0.3 is 14.8 Å². The van der Waals surface area contributed by atoms with Crippen LogP contribution in [0.15, 0.2) is 36.4 Å². The number of nitro groups is 1. The zero-order valence-corrected chi connectivity index (χ0v) is 15.9. The minimum atomic E-state index is -0.537. The van der Waals surface area contributed by atoms with Crippen LogP contribution in [0.2, 0.25) is 0 Å². The van der Waals surface area contributed by atoms with Crippen molar-refractivity contribution in [3.05, 3.63) is 63.2 Å². The van der Waals surface area contributed by atoms with Gasteiger partial charge in [-0.3, -0.25) is 14.9 Å². The maximum atomic E-state index is 12.3. The Morgan fingerprint density at radius 2 is 1.96 bits per heavy atom. The molecule has 7 nitrogen and oxygen atoms in total. The number of hydrogen-bond acceptors (Lipinski definition) is 5. The van der Waals surface area contributed by atoms with Gasteiger partial charge >= 0.3 is 5.69 Å². The number of hydrogen-bond donors (Lipinski definition) is 1. The van der Waals surface area contributed by atoms with Crippen molar-refractivity contribution in [2.45, 2.75) is 33.2 Å². The van der Waals surface area contributed by atoms with Crippen molar-refractivity contribution in [1.82, 2.24) is 5.32 Å². The molecular formula is C20H24N2O5. The first kappa shape index (κ1) is 20.2. The number of carbonyl (C=O) groups is 1. The average molecular weight is 372 g/mol. The van der Waals surface area contributed by atoms with Crippen LogP contribution in [0.4, 0.5) is 5.69 Å². The summed E-state index contributed by atoms with van der Waals surface area (Å²) in [6, 6.07) is 10.2. The smallest absolute Gasteiger partial charge is 0.311 e. The summed E-state index contributed by atoms with van der Waals surface area (Å²) in [6.45, 7) is 5.87. The molecule has 1 amide bonds. The summed E-state index contributed by atoms with van der Waals surface area (Å²) >= 11 is 0. The number of nitrogens with one attached hydrogen (secondary N) is 1. The van der Waals surface area contributed by atoms with Gasteiger partial charge in [0.1, 0.15) is 5.75 Å². The van der Waals surface area contributed by atoms with Crippen LogP contribution in [0, 0.1) is 24.0 Å². The van der Waals surface area contributed by atoms with Gasteiger partial charge in [0.25, 0.3) is 5.91 Å². The molecule has 7 heteroatoms. The highest BCUT2D eigenvalue weighted by atomic mass is 16.6. The molecule has 1 atom stereocenters. The van der Waals surface area contributed by atoms with Gasteiger partial charge in [0, 0.05) is 12.1 Å². The fourth-order valence-electron chi connectivity index (χ4n) is 2.90. The second-order valence-electron chi connectivity index (χ2n) is 6.27. The molecule has 0 fully saturated rings. The van der Waals surface area contributed by atoms with Crippen LogP contribution in [0.25, 0.3) is 0 Å². The van der Waals surface area contributed by atoms with Gasteiger partial charge in [-0.15, -0.1) is 0 Å². The van der Waals surface area contributed by atoms with Crippen molar-refractivity contribution in [3.63, 3.8) is 0 Å². The quantitative estimate of drug-likeness (QED) is 0.561. The van der Waals surface area contributed by atoms with E-state index >= 15 is 0 Å². The first-order chi connectivity index (χ1) is 12.8. The molecule has 0 spiro atoms. The van der Waals surface area contributed by atoms with Gasteiger partial charge in [0.05, 0.1) is 18.1 Å². The van der Waals surface area contributed by atoms with Crippen LogP contribution in [0.5, 0.6) is 11.5 Å². The third-order valence-corrected chi connectivity index (χ3v) is 4.26. The molecule has 0 bridgehead atoms. The first-order valence-electron chi connectivity index (χ1n) is 8.67. The summed E-state index contributed by atoms with van der Waals surface area (Å²) in [6.07, 6.45) is 0.751. The van der Waals surface area contributed by atoms with E-state index in [2.05, 4.69) is 11.4 Å². The molecule has 0 aliphatic carbocycles. The molecule has 0 saturated heterocycles. The molecule has 1 N–H and O–H groups in total. The number of carbonyl (C=O) groups excluding carboxylic acids is 1. The summed E-state index contributed by atoms with van der Waals surface area (Å²) in [7, 11) is 1.34. The third kappa shape index (κ3) is 5.20. The second kappa shape index (κ2) is 9.02. The number of benzene rings is 2. The van der Waals surface area contributed by atoms with Crippen LogP contribution in [-0.4, -0.2) is 24.5 Å². The summed E-state index contributed by atoms with van der Waals surface area (Å²) in [5, 5.41) is 13.9. The van der Waals surface area contributed by atoms with E-state index in [1.54, 1.807) is 0 Å². The lowest BCUT2D eigenvalue weighted by Gasteiger charge is -2.20. The van der Waals surface area contributed by atoms with Gasteiger partial charge in [-0.25, -0.2) is 0 Å². The van der Waals surface area contributed by atoms with Crippen LogP contribution in [0.1, 0.15) is 36.1 Å². The lowest BCUT2D eigenvalue weighted by atomic mass is 9.97. The minimum Gasteiger partial charge on any atom is -0.490 e. The van der Waals surface area contributed by atoms with E-state index in [1.165, 1.54) is 30.9 Å². The van der Waals surface area contributed by atoms with E-state index in [4.69, 9.17) is 9.47 Å². The second-order valence-corrected chi connectivity index (χ2v) is 6.27. The number of nitro benzene ring substituents is 1. The van der Waals surface area contributed by atoms with Crippen molar-refractivity contribution in [2.75, 3.05) is 13.7 Å². The standard InChI is InChI=1S/C20H24N2O5/c1-5-17(16-8-6-13(2)10-14(16)3)21-20(23)12-27-15-7-9-18(22(24)25)19(11-15)26-4/h6-11,17H,5,12H2,1-4H3,(H,21,23)/t17-/m0/s1. The lowest BCUT2D eigenvalue weighted by Crippen LogP contribution is -2.32. The van der Waals surface area contributed by atoms with Gasteiger partial charge in [-0.05, 0) is 37.5 Å². The minimum absolute atomic E-state index is 0.0830. The molecule has 0 saturated carbocycles. The van der Waals surface area contributed by atoms with Crippen molar-refractivity contribution in [3.8, 4) is 11.5 Å². The van der Waals surface area contributed by atoms with Crippen LogP contribution in [0.3, 0.4) is 0 Å². The molecule has 0 aliphatic heterocycles. The predicted molar refractivity (Wildman–Crippen MR) is 102 cm³/mol. The van der Waals surface area contributed by atoms with Gasteiger partial charge in [-0.2, -0.15) is 0 Å². The molecule has 144 valence electrons. The number of amides is 1. The predicted octanol–water partition coefficient (Wildman–Crippen LogP) is 3.87. The Labute approximate surface area is 158 Å². The number of ether oxygens (including phenoxy) is 2. The molecule has 27 heavy (non-hydrogen) atoms. The molecule has 0 radical (unpaired) electrons. The summed E-state index contributed by atoms with van der Waals surface area (Å²) < 4.78 is 10.5. The van der Waals surface area contributed by atoms with E-state index in [0.717, 1.165) is 17.5 Å². The number of aryl methyl sites for hydroxylation is 2. The van der Waals surface area contributed by atoms with Crippen LogP contribution in [-0.2, 0) is 4.79 Å². The highest BCUT2D eigenvalue weighted by Crippen LogP contribution is 2.30.